The molecule has 0 unspecified atom stereocenters. The fourth-order valence-electron chi connectivity index (χ4n) is 1.93. The highest BCUT2D eigenvalue weighted by Crippen LogP contribution is 2.10. The van der Waals surface area contributed by atoms with E-state index >= 15 is 0 Å². The highest BCUT2D eigenvalue weighted by molar-refractivity contribution is 5.94. The van der Waals surface area contributed by atoms with E-state index in [9.17, 15) is 4.79 Å². The third kappa shape index (κ3) is 2.66. The standard InChI is InChI=1S/C14H16N2O/c1-3-12-5-4-6-13(11-12)14(17)16-9-7-15(2)8-10-16/h1,4-6,11H,7-10H2,2H3. The maximum Gasteiger partial charge on any atom is 0.253 e. The van der Waals surface area contributed by atoms with Gasteiger partial charge in [0.15, 0.2) is 0 Å². The molecule has 17 heavy (non-hydrogen) atoms. The van der Waals surface area contributed by atoms with Gasteiger partial charge >= 0.3 is 0 Å². The first-order chi connectivity index (χ1) is 8.20. The van der Waals surface area contributed by atoms with E-state index in [1.54, 1.807) is 6.07 Å². The Labute approximate surface area is 102 Å². The Bertz CT molecular complexity index is 454. The topological polar surface area (TPSA) is 23.6 Å². The number of piperazine rings is 1. The van der Waals surface area contributed by atoms with Crippen molar-refractivity contribution in [3.05, 3.63) is 35.4 Å². The van der Waals surface area contributed by atoms with Crippen molar-refractivity contribution in [1.29, 1.82) is 0 Å². The van der Waals surface area contributed by atoms with Gasteiger partial charge in [0.1, 0.15) is 0 Å². The van der Waals surface area contributed by atoms with Gasteiger partial charge in [-0.2, -0.15) is 0 Å². The highest BCUT2D eigenvalue weighted by Gasteiger charge is 2.20. The monoisotopic (exact) mass is 228 g/mol. The summed E-state index contributed by atoms with van der Waals surface area (Å²) in [5.74, 6) is 2.63. The molecule has 0 N–H and O–H groups in total. The second-order valence-electron chi connectivity index (χ2n) is 4.32. The van der Waals surface area contributed by atoms with E-state index < -0.39 is 0 Å². The Hall–Kier alpha value is -1.79. The third-order valence-corrected chi connectivity index (χ3v) is 3.07. The van der Waals surface area contributed by atoms with E-state index in [1.807, 2.05) is 23.1 Å². The lowest BCUT2D eigenvalue weighted by Crippen LogP contribution is -2.47. The van der Waals surface area contributed by atoms with Gasteiger partial charge in [-0.15, -0.1) is 6.42 Å². The van der Waals surface area contributed by atoms with Crippen molar-refractivity contribution in [3.63, 3.8) is 0 Å². The van der Waals surface area contributed by atoms with Gasteiger partial charge in [0.05, 0.1) is 0 Å². The summed E-state index contributed by atoms with van der Waals surface area (Å²) < 4.78 is 0. The number of amides is 1. The average Bonchev–Trinajstić information content (AvgIpc) is 2.39. The second kappa shape index (κ2) is 5.03. The van der Waals surface area contributed by atoms with Gasteiger partial charge in [-0.3, -0.25) is 4.79 Å². The van der Waals surface area contributed by atoms with Crippen LogP contribution in [0.5, 0.6) is 0 Å². The zero-order chi connectivity index (χ0) is 12.3. The zero-order valence-corrected chi connectivity index (χ0v) is 10.0. The van der Waals surface area contributed by atoms with E-state index in [-0.39, 0.29) is 5.91 Å². The quantitative estimate of drug-likeness (QED) is 0.671. The molecule has 1 aromatic rings. The molecule has 1 saturated heterocycles. The minimum atomic E-state index is 0.0789. The summed E-state index contributed by atoms with van der Waals surface area (Å²) >= 11 is 0. The Morgan fingerprint density at radius 2 is 2.00 bits per heavy atom. The van der Waals surface area contributed by atoms with Gasteiger partial charge in [-0.25, -0.2) is 0 Å². The maximum atomic E-state index is 12.2. The number of benzene rings is 1. The van der Waals surface area contributed by atoms with Gasteiger partial charge in [-0.05, 0) is 25.2 Å². The van der Waals surface area contributed by atoms with Gasteiger partial charge in [-0.1, -0.05) is 12.0 Å². The summed E-state index contributed by atoms with van der Waals surface area (Å²) in [6.45, 7) is 3.44. The molecule has 0 aliphatic carbocycles. The summed E-state index contributed by atoms with van der Waals surface area (Å²) in [5, 5.41) is 0. The molecule has 1 aliphatic heterocycles. The van der Waals surface area contributed by atoms with Gasteiger partial charge in [0.25, 0.3) is 5.91 Å². The van der Waals surface area contributed by atoms with Gasteiger partial charge in [0.2, 0.25) is 0 Å². The Kier molecular flexibility index (Phi) is 3.46. The smallest absolute Gasteiger partial charge is 0.253 e. The lowest BCUT2D eigenvalue weighted by atomic mass is 10.1. The molecule has 0 radical (unpaired) electrons. The van der Waals surface area contributed by atoms with Crippen molar-refractivity contribution in [2.75, 3.05) is 33.2 Å². The first-order valence-corrected chi connectivity index (χ1v) is 5.75. The molecule has 2 rings (SSSR count). The molecule has 1 fully saturated rings. The van der Waals surface area contributed by atoms with Crippen LogP contribution in [0.25, 0.3) is 0 Å². The number of terminal acetylenes is 1. The van der Waals surface area contributed by atoms with Crippen LogP contribution < -0.4 is 0 Å². The van der Waals surface area contributed by atoms with Crippen LogP contribution in [0.3, 0.4) is 0 Å². The average molecular weight is 228 g/mol. The van der Waals surface area contributed by atoms with E-state index in [0.717, 1.165) is 31.7 Å². The minimum absolute atomic E-state index is 0.0789. The Morgan fingerprint density at radius 1 is 1.29 bits per heavy atom. The van der Waals surface area contributed by atoms with Crippen LogP contribution in [-0.2, 0) is 0 Å². The van der Waals surface area contributed by atoms with Gasteiger partial charge in [0, 0.05) is 37.3 Å². The Balaban J connectivity index is 2.11. The first kappa shape index (κ1) is 11.7. The SMILES string of the molecule is C#Cc1cccc(C(=O)N2CCN(C)CC2)c1. The van der Waals surface area contributed by atoms with E-state index in [1.165, 1.54) is 0 Å². The second-order valence-corrected chi connectivity index (χ2v) is 4.32. The van der Waals surface area contributed by atoms with Crippen LogP contribution in [-0.4, -0.2) is 48.9 Å². The van der Waals surface area contributed by atoms with Crippen LogP contribution in [0, 0.1) is 12.3 Å². The molecular formula is C14H16N2O. The van der Waals surface area contributed by atoms with Crippen LogP contribution in [0.2, 0.25) is 0 Å². The molecule has 1 amide bonds. The molecule has 0 aromatic heterocycles. The summed E-state index contributed by atoms with van der Waals surface area (Å²) in [4.78, 5) is 16.3. The number of hydrogen-bond donors (Lipinski definition) is 0. The van der Waals surface area contributed by atoms with E-state index in [0.29, 0.717) is 5.56 Å². The summed E-state index contributed by atoms with van der Waals surface area (Å²) in [6, 6.07) is 7.27. The minimum Gasteiger partial charge on any atom is -0.336 e. The van der Waals surface area contributed by atoms with Crippen molar-refractivity contribution < 1.29 is 4.79 Å². The number of carbonyl (C=O) groups is 1. The summed E-state index contributed by atoms with van der Waals surface area (Å²) in [7, 11) is 2.07. The summed E-state index contributed by atoms with van der Waals surface area (Å²) in [5.41, 5.74) is 1.44. The maximum absolute atomic E-state index is 12.2. The van der Waals surface area contributed by atoms with Gasteiger partial charge < -0.3 is 9.80 Å². The lowest BCUT2D eigenvalue weighted by Gasteiger charge is -2.32. The predicted molar refractivity (Wildman–Crippen MR) is 67.8 cm³/mol. The number of hydrogen-bond acceptors (Lipinski definition) is 2. The molecule has 1 heterocycles. The molecular weight excluding hydrogens is 212 g/mol. The van der Waals surface area contributed by atoms with E-state index in [2.05, 4.69) is 17.9 Å². The fraction of sp³-hybridized carbons (Fsp3) is 0.357. The predicted octanol–water partition coefficient (Wildman–Crippen LogP) is 1.06. The van der Waals surface area contributed by atoms with Crippen LogP contribution >= 0.6 is 0 Å². The molecule has 0 bridgehead atoms. The van der Waals surface area contributed by atoms with Crippen molar-refractivity contribution in [1.82, 2.24) is 9.80 Å². The van der Waals surface area contributed by atoms with Crippen molar-refractivity contribution in [2.45, 2.75) is 0 Å². The third-order valence-electron chi connectivity index (χ3n) is 3.07. The Morgan fingerprint density at radius 3 is 2.65 bits per heavy atom. The first-order valence-electron chi connectivity index (χ1n) is 5.75. The normalized spacial score (nSPS) is 16.6. The zero-order valence-electron chi connectivity index (χ0n) is 10.0. The lowest BCUT2D eigenvalue weighted by molar-refractivity contribution is 0.0664. The molecule has 88 valence electrons. The molecule has 3 heteroatoms. The highest BCUT2D eigenvalue weighted by atomic mass is 16.2. The van der Waals surface area contributed by atoms with Crippen molar-refractivity contribution >= 4 is 5.91 Å². The fourth-order valence-corrected chi connectivity index (χ4v) is 1.93. The van der Waals surface area contributed by atoms with Crippen LogP contribution in [0.1, 0.15) is 15.9 Å². The molecule has 0 atom stereocenters. The molecule has 0 spiro atoms. The molecule has 3 nitrogen and oxygen atoms in total. The number of nitrogens with zero attached hydrogens (tertiary/aromatic N) is 2. The van der Waals surface area contributed by atoms with Crippen molar-refractivity contribution in [3.8, 4) is 12.3 Å². The number of carbonyl (C=O) groups excluding carboxylic acids is 1. The summed E-state index contributed by atoms with van der Waals surface area (Å²) in [6.07, 6.45) is 5.33. The largest absolute Gasteiger partial charge is 0.336 e. The molecule has 1 aromatic carbocycles. The molecule has 0 saturated carbocycles. The molecule has 1 aliphatic rings. The number of likely N-dealkylation sites (N-methyl/N-ethyl adjacent to an activating group) is 1. The number of rotatable bonds is 1. The van der Waals surface area contributed by atoms with Crippen molar-refractivity contribution in [2.24, 2.45) is 0 Å². The van der Waals surface area contributed by atoms with Crippen LogP contribution in [0.4, 0.5) is 0 Å². The van der Waals surface area contributed by atoms with E-state index in [4.69, 9.17) is 6.42 Å². The van der Waals surface area contributed by atoms with Crippen LogP contribution in [0.15, 0.2) is 24.3 Å².